The van der Waals surface area contributed by atoms with Gasteiger partial charge in [-0.1, -0.05) is 24.6 Å². The molecular weight excluding hydrogens is 274 g/mol. The van der Waals surface area contributed by atoms with Crippen LogP contribution in [0.25, 0.3) is 0 Å². The van der Waals surface area contributed by atoms with E-state index in [4.69, 9.17) is 21.7 Å². The standard InChI is InChI=1S/C8H9NO2.C6H14N2O2/c10-8(11)6-9-7-4-2-1-3-5-7;7-4-2-1-3-5(8)6(9)10/h1-5,9H,6H2,(H,10,11);5H,1-4,7-8H2,(H,9,10). The Morgan fingerprint density at radius 1 is 1.14 bits per heavy atom. The number of nitrogens with one attached hydrogen (secondary N) is 1. The Morgan fingerprint density at radius 3 is 2.24 bits per heavy atom. The first-order chi connectivity index (χ1) is 9.97. The number of rotatable bonds is 8. The van der Waals surface area contributed by atoms with Gasteiger partial charge >= 0.3 is 11.9 Å². The van der Waals surface area contributed by atoms with Gasteiger partial charge in [0.25, 0.3) is 0 Å². The molecule has 0 aliphatic heterocycles. The van der Waals surface area contributed by atoms with Gasteiger partial charge in [0.05, 0.1) is 0 Å². The highest BCUT2D eigenvalue weighted by molar-refractivity contribution is 5.73. The smallest absolute Gasteiger partial charge is 0.322 e. The minimum Gasteiger partial charge on any atom is -0.480 e. The maximum absolute atomic E-state index is 10.1. The molecule has 0 saturated heterocycles. The fourth-order valence-electron chi connectivity index (χ4n) is 1.37. The van der Waals surface area contributed by atoms with Crippen molar-refractivity contribution in [2.75, 3.05) is 18.4 Å². The molecule has 1 aromatic rings. The summed E-state index contributed by atoms with van der Waals surface area (Å²) >= 11 is 0. The van der Waals surface area contributed by atoms with E-state index in [1.807, 2.05) is 30.3 Å². The number of unbranched alkanes of at least 4 members (excludes halogenated alkanes) is 1. The van der Waals surface area contributed by atoms with Crippen LogP contribution in [-0.4, -0.2) is 41.3 Å². The molecule has 0 spiro atoms. The molecule has 1 atom stereocenters. The summed E-state index contributed by atoms with van der Waals surface area (Å²) in [6.45, 7) is 0.566. The minimum atomic E-state index is -0.933. The summed E-state index contributed by atoms with van der Waals surface area (Å²) in [5.41, 5.74) is 11.2. The van der Waals surface area contributed by atoms with Crippen molar-refractivity contribution in [3.05, 3.63) is 30.3 Å². The van der Waals surface area contributed by atoms with E-state index in [1.54, 1.807) is 0 Å². The lowest BCUT2D eigenvalue weighted by molar-refractivity contribution is -0.138. The van der Waals surface area contributed by atoms with Gasteiger partial charge in [0.15, 0.2) is 0 Å². The molecule has 7 N–H and O–H groups in total. The SMILES string of the molecule is NCCCCC(N)C(=O)O.O=C(O)CNc1ccccc1. The van der Waals surface area contributed by atoms with E-state index in [0.717, 1.165) is 18.5 Å². The van der Waals surface area contributed by atoms with Gasteiger partial charge in [0.2, 0.25) is 0 Å². The van der Waals surface area contributed by atoms with Crippen molar-refractivity contribution in [3.8, 4) is 0 Å². The van der Waals surface area contributed by atoms with Crippen molar-refractivity contribution >= 4 is 17.6 Å². The first-order valence-corrected chi connectivity index (χ1v) is 6.66. The van der Waals surface area contributed by atoms with E-state index in [-0.39, 0.29) is 6.54 Å². The predicted molar refractivity (Wildman–Crippen MR) is 81.1 cm³/mol. The van der Waals surface area contributed by atoms with Crippen LogP contribution in [0.4, 0.5) is 5.69 Å². The highest BCUT2D eigenvalue weighted by Crippen LogP contribution is 2.03. The Balaban J connectivity index is 0.000000384. The second-order valence-electron chi connectivity index (χ2n) is 4.34. The van der Waals surface area contributed by atoms with E-state index in [0.29, 0.717) is 13.0 Å². The number of hydrogen-bond acceptors (Lipinski definition) is 5. The van der Waals surface area contributed by atoms with Crippen LogP contribution in [-0.2, 0) is 9.59 Å². The topological polar surface area (TPSA) is 139 Å². The molecule has 7 nitrogen and oxygen atoms in total. The summed E-state index contributed by atoms with van der Waals surface area (Å²) < 4.78 is 0. The number of hydrogen-bond donors (Lipinski definition) is 5. The minimum absolute atomic E-state index is 0.0377. The average Bonchev–Trinajstić information content (AvgIpc) is 2.47. The summed E-state index contributed by atoms with van der Waals surface area (Å²) in [7, 11) is 0. The third kappa shape index (κ3) is 11.4. The summed E-state index contributed by atoms with van der Waals surface area (Å²) in [4.78, 5) is 20.2. The van der Waals surface area contributed by atoms with Crippen molar-refractivity contribution in [3.63, 3.8) is 0 Å². The first-order valence-electron chi connectivity index (χ1n) is 6.66. The van der Waals surface area contributed by atoms with Crippen LogP contribution in [0.2, 0.25) is 0 Å². The molecule has 0 fully saturated rings. The molecule has 0 aliphatic carbocycles. The van der Waals surface area contributed by atoms with Crippen LogP contribution in [0.15, 0.2) is 30.3 Å². The Labute approximate surface area is 123 Å². The number of aliphatic carboxylic acids is 2. The van der Waals surface area contributed by atoms with Crippen molar-refractivity contribution in [2.24, 2.45) is 11.5 Å². The van der Waals surface area contributed by atoms with E-state index in [2.05, 4.69) is 5.32 Å². The molecule has 1 rings (SSSR count). The molecule has 0 bridgehead atoms. The predicted octanol–water partition coefficient (Wildman–Crippen LogP) is 0.710. The van der Waals surface area contributed by atoms with Gasteiger partial charge in [-0.15, -0.1) is 0 Å². The third-order valence-corrected chi connectivity index (χ3v) is 2.50. The zero-order chi connectivity index (χ0) is 16.1. The first kappa shape index (κ1) is 18.9. The lowest BCUT2D eigenvalue weighted by Gasteiger charge is -2.03. The molecule has 0 heterocycles. The van der Waals surface area contributed by atoms with E-state index in [1.165, 1.54) is 0 Å². The zero-order valence-electron chi connectivity index (χ0n) is 11.9. The molecule has 1 unspecified atom stereocenters. The zero-order valence-corrected chi connectivity index (χ0v) is 11.9. The van der Waals surface area contributed by atoms with Crippen LogP contribution in [0.3, 0.4) is 0 Å². The second-order valence-corrected chi connectivity index (χ2v) is 4.34. The van der Waals surface area contributed by atoms with Crippen LogP contribution >= 0.6 is 0 Å². The van der Waals surface area contributed by atoms with Gasteiger partial charge in [0.1, 0.15) is 12.6 Å². The fraction of sp³-hybridized carbons (Fsp3) is 0.429. The molecule has 0 amide bonds. The molecule has 0 aliphatic rings. The molecule has 0 saturated carbocycles. The van der Waals surface area contributed by atoms with Crippen LogP contribution in [0.5, 0.6) is 0 Å². The molecular formula is C14H23N3O4. The second kappa shape index (κ2) is 11.7. The Bertz CT molecular complexity index is 412. The normalized spacial score (nSPS) is 11.0. The number of carboxylic acids is 2. The third-order valence-electron chi connectivity index (χ3n) is 2.50. The largest absolute Gasteiger partial charge is 0.480 e. The van der Waals surface area contributed by atoms with Crippen molar-refractivity contribution < 1.29 is 19.8 Å². The highest BCUT2D eigenvalue weighted by atomic mass is 16.4. The number of benzene rings is 1. The van der Waals surface area contributed by atoms with Gasteiger partial charge < -0.3 is 27.0 Å². The van der Waals surface area contributed by atoms with Gasteiger partial charge in [0, 0.05) is 5.69 Å². The van der Waals surface area contributed by atoms with Gasteiger partial charge in [-0.25, -0.2) is 0 Å². The average molecular weight is 297 g/mol. The Kier molecular flexibility index (Phi) is 10.5. The maximum Gasteiger partial charge on any atom is 0.322 e. The van der Waals surface area contributed by atoms with Crippen LogP contribution in [0, 0.1) is 0 Å². The van der Waals surface area contributed by atoms with Crippen LogP contribution in [0.1, 0.15) is 19.3 Å². The van der Waals surface area contributed by atoms with E-state index < -0.39 is 18.0 Å². The molecule has 1 aromatic carbocycles. The number of anilines is 1. The molecule has 0 aromatic heterocycles. The molecule has 7 heteroatoms. The van der Waals surface area contributed by atoms with Crippen molar-refractivity contribution in [1.29, 1.82) is 0 Å². The fourth-order valence-corrected chi connectivity index (χ4v) is 1.37. The number of nitrogens with two attached hydrogens (primary N) is 2. The lowest BCUT2D eigenvalue weighted by Crippen LogP contribution is -2.29. The number of carboxylic acid groups (broad SMARTS) is 2. The number of carbonyl (C=O) groups is 2. The summed E-state index contributed by atoms with van der Waals surface area (Å²) in [6, 6.07) is 8.51. The number of para-hydroxylation sites is 1. The maximum atomic E-state index is 10.1. The molecule has 21 heavy (non-hydrogen) atoms. The van der Waals surface area contributed by atoms with Gasteiger partial charge in [-0.05, 0) is 31.5 Å². The monoisotopic (exact) mass is 297 g/mol. The molecule has 0 radical (unpaired) electrons. The van der Waals surface area contributed by atoms with Gasteiger partial charge in [-0.2, -0.15) is 0 Å². The highest BCUT2D eigenvalue weighted by Gasteiger charge is 2.09. The van der Waals surface area contributed by atoms with Crippen LogP contribution < -0.4 is 16.8 Å². The summed E-state index contributed by atoms with van der Waals surface area (Å²) in [5.74, 6) is -1.79. The summed E-state index contributed by atoms with van der Waals surface area (Å²) in [6.07, 6.45) is 2.16. The molecule has 118 valence electrons. The van der Waals surface area contributed by atoms with Gasteiger partial charge in [-0.3, -0.25) is 9.59 Å². The quantitative estimate of drug-likeness (QED) is 0.445. The lowest BCUT2D eigenvalue weighted by atomic mass is 10.1. The summed E-state index contributed by atoms with van der Waals surface area (Å²) in [5, 5.41) is 19.4. The van der Waals surface area contributed by atoms with E-state index in [9.17, 15) is 9.59 Å². The van der Waals surface area contributed by atoms with Crippen molar-refractivity contribution in [2.45, 2.75) is 25.3 Å². The van der Waals surface area contributed by atoms with E-state index >= 15 is 0 Å². The Hall–Kier alpha value is -2.12. The van der Waals surface area contributed by atoms with Crippen molar-refractivity contribution in [1.82, 2.24) is 0 Å². The Morgan fingerprint density at radius 2 is 1.76 bits per heavy atom.